The van der Waals surface area contributed by atoms with Crippen LogP contribution < -0.4 is 4.74 Å². The number of hydrogen-bond donors (Lipinski definition) is 0. The highest BCUT2D eigenvalue weighted by Crippen LogP contribution is 2.26. The van der Waals surface area contributed by atoms with Gasteiger partial charge in [0.1, 0.15) is 10.8 Å². The van der Waals surface area contributed by atoms with Gasteiger partial charge in [0.25, 0.3) is 0 Å². The lowest BCUT2D eigenvalue weighted by Crippen LogP contribution is -2.48. The summed E-state index contributed by atoms with van der Waals surface area (Å²) in [5.41, 5.74) is 2.07. The molecule has 0 spiro atoms. The van der Waals surface area contributed by atoms with Crippen molar-refractivity contribution >= 4 is 17.2 Å². The van der Waals surface area contributed by atoms with Crippen molar-refractivity contribution in [3.8, 4) is 17.0 Å². The molecule has 0 bridgehead atoms. The summed E-state index contributed by atoms with van der Waals surface area (Å²) in [6.07, 6.45) is 0.649. The standard InChI is InChI=1S/C20H27N3O2S/c1-15(2)11-20(24)23-9-7-22(8-10-23)13-19-21-18(14-26-19)16-5-4-6-17(12-16)25-3/h4-6,12,14-15H,7-11,13H2,1-3H3. The van der Waals surface area contributed by atoms with Gasteiger partial charge in [0.05, 0.1) is 19.3 Å². The minimum Gasteiger partial charge on any atom is -0.497 e. The minimum absolute atomic E-state index is 0.286. The Labute approximate surface area is 159 Å². The lowest BCUT2D eigenvalue weighted by atomic mass is 10.1. The number of amides is 1. The van der Waals surface area contributed by atoms with Crippen LogP contribution in [-0.2, 0) is 11.3 Å². The second-order valence-corrected chi connectivity index (χ2v) is 8.06. The third kappa shape index (κ3) is 4.83. The maximum atomic E-state index is 12.2. The molecule has 2 heterocycles. The van der Waals surface area contributed by atoms with Crippen molar-refractivity contribution in [1.29, 1.82) is 0 Å². The van der Waals surface area contributed by atoms with Crippen molar-refractivity contribution in [2.24, 2.45) is 5.92 Å². The van der Waals surface area contributed by atoms with E-state index in [0.29, 0.717) is 12.3 Å². The van der Waals surface area contributed by atoms with E-state index in [1.54, 1.807) is 18.4 Å². The van der Waals surface area contributed by atoms with E-state index in [0.717, 1.165) is 54.7 Å². The number of thiazole rings is 1. The number of benzene rings is 1. The smallest absolute Gasteiger partial charge is 0.222 e. The van der Waals surface area contributed by atoms with Gasteiger partial charge in [0, 0.05) is 43.5 Å². The minimum atomic E-state index is 0.286. The van der Waals surface area contributed by atoms with Gasteiger partial charge in [-0.25, -0.2) is 4.98 Å². The lowest BCUT2D eigenvalue weighted by molar-refractivity contribution is -0.133. The van der Waals surface area contributed by atoms with Crippen LogP contribution in [0.5, 0.6) is 5.75 Å². The number of methoxy groups -OCH3 is 1. The number of rotatable bonds is 6. The fourth-order valence-corrected chi connectivity index (χ4v) is 3.97. The fraction of sp³-hybridized carbons (Fsp3) is 0.500. The predicted molar refractivity (Wildman–Crippen MR) is 105 cm³/mol. The first kappa shape index (κ1) is 18.9. The molecule has 2 aromatic rings. The van der Waals surface area contributed by atoms with Crippen LogP contribution in [0.2, 0.25) is 0 Å². The summed E-state index contributed by atoms with van der Waals surface area (Å²) in [5.74, 6) is 1.55. The van der Waals surface area contributed by atoms with Gasteiger partial charge in [-0.2, -0.15) is 0 Å². The summed E-state index contributed by atoms with van der Waals surface area (Å²) >= 11 is 1.69. The molecule has 6 heteroatoms. The van der Waals surface area contributed by atoms with Gasteiger partial charge in [-0.15, -0.1) is 11.3 Å². The molecule has 5 nitrogen and oxygen atoms in total. The van der Waals surface area contributed by atoms with Gasteiger partial charge in [-0.05, 0) is 18.1 Å². The van der Waals surface area contributed by atoms with E-state index in [1.807, 2.05) is 23.1 Å². The highest BCUT2D eigenvalue weighted by atomic mass is 32.1. The van der Waals surface area contributed by atoms with Gasteiger partial charge < -0.3 is 9.64 Å². The number of aromatic nitrogens is 1. The van der Waals surface area contributed by atoms with E-state index >= 15 is 0 Å². The topological polar surface area (TPSA) is 45.7 Å². The van der Waals surface area contributed by atoms with Crippen LogP contribution >= 0.6 is 11.3 Å². The molecule has 1 aliphatic rings. The molecule has 3 rings (SSSR count). The van der Waals surface area contributed by atoms with Crippen molar-refractivity contribution in [3.63, 3.8) is 0 Å². The summed E-state index contributed by atoms with van der Waals surface area (Å²) in [5, 5.41) is 3.22. The van der Waals surface area contributed by atoms with Crippen LogP contribution in [-0.4, -0.2) is 54.0 Å². The second-order valence-electron chi connectivity index (χ2n) is 7.11. The zero-order chi connectivity index (χ0) is 18.5. The fourth-order valence-electron chi connectivity index (χ4n) is 3.12. The van der Waals surface area contributed by atoms with E-state index < -0.39 is 0 Å². The highest BCUT2D eigenvalue weighted by molar-refractivity contribution is 7.09. The Morgan fingerprint density at radius 1 is 1.27 bits per heavy atom. The van der Waals surface area contributed by atoms with Gasteiger partial charge in [0.2, 0.25) is 5.91 Å². The largest absolute Gasteiger partial charge is 0.497 e. The monoisotopic (exact) mass is 373 g/mol. The average molecular weight is 374 g/mol. The number of piperazine rings is 1. The van der Waals surface area contributed by atoms with Gasteiger partial charge >= 0.3 is 0 Å². The Morgan fingerprint density at radius 3 is 2.73 bits per heavy atom. The molecule has 0 atom stereocenters. The van der Waals surface area contributed by atoms with Crippen LogP contribution in [0.1, 0.15) is 25.3 Å². The molecule has 0 unspecified atom stereocenters. The molecule has 0 aliphatic carbocycles. The number of ether oxygens (including phenoxy) is 1. The van der Waals surface area contributed by atoms with Crippen LogP contribution in [0.3, 0.4) is 0 Å². The zero-order valence-electron chi connectivity index (χ0n) is 15.8. The molecule has 26 heavy (non-hydrogen) atoms. The van der Waals surface area contributed by atoms with Crippen LogP contribution in [0, 0.1) is 5.92 Å². The van der Waals surface area contributed by atoms with E-state index in [-0.39, 0.29) is 5.91 Å². The molecule has 1 aromatic carbocycles. The van der Waals surface area contributed by atoms with Gasteiger partial charge in [-0.3, -0.25) is 9.69 Å². The van der Waals surface area contributed by atoms with E-state index in [1.165, 1.54) is 0 Å². The number of hydrogen-bond acceptors (Lipinski definition) is 5. The van der Waals surface area contributed by atoms with Crippen LogP contribution in [0.4, 0.5) is 0 Å². The number of nitrogens with zero attached hydrogens (tertiary/aromatic N) is 3. The zero-order valence-corrected chi connectivity index (χ0v) is 16.6. The summed E-state index contributed by atoms with van der Waals surface area (Å²) < 4.78 is 5.29. The maximum absolute atomic E-state index is 12.2. The summed E-state index contributed by atoms with van der Waals surface area (Å²) in [7, 11) is 1.68. The van der Waals surface area contributed by atoms with Crippen molar-refractivity contribution in [2.45, 2.75) is 26.8 Å². The molecule has 140 valence electrons. The summed E-state index contributed by atoms with van der Waals surface area (Å²) in [6.45, 7) is 8.50. The van der Waals surface area contributed by atoms with Crippen LogP contribution in [0.15, 0.2) is 29.6 Å². The average Bonchev–Trinajstić information content (AvgIpc) is 3.10. The molecule has 1 fully saturated rings. The third-order valence-corrected chi connectivity index (χ3v) is 5.42. The van der Waals surface area contributed by atoms with Crippen LogP contribution in [0.25, 0.3) is 11.3 Å². The van der Waals surface area contributed by atoms with E-state index in [4.69, 9.17) is 9.72 Å². The summed E-state index contributed by atoms with van der Waals surface area (Å²) in [6, 6.07) is 8.00. The highest BCUT2D eigenvalue weighted by Gasteiger charge is 2.22. The third-order valence-electron chi connectivity index (χ3n) is 4.58. The second kappa shape index (κ2) is 8.64. The lowest BCUT2D eigenvalue weighted by Gasteiger charge is -2.34. The van der Waals surface area contributed by atoms with Gasteiger partial charge in [-0.1, -0.05) is 26.0 Å². The summed E-state index contributed by atoms with van der Waals surface area (Å²) in [4.78, 5) is 21.3. The molecule has 1 amide bonds. The normalized spacial score (nSPS) is 15.5. The Hall–Kier alpha value is -1.92. The Kier molecular flexibility index (Phi) is 6.27. The SMILES string of the molecule is COc1cccc(-c2csc(CN3CCN(C(=O)CC(C)C)CC3)n2)c1. The molecule has 1 aliphatic heterocycles. The molecular formula is C20H27N3O2S. The van der Waals surface area contributed by atoms with Crippen molar-refractivity contribution in [3.05, 3.63) is 34.7 Å². The molecule has 0 saturated carbocycles. The molecule has 1 aromatic heterocycles. The van der Waals surface area contributed by atoms with E-state index in [9.17, 15) is 4.79 Å². The first-order valence-electron chi connectivity index (χ1n) is 9.14. The number of carbonyl (C=O) groups is 1. The Morgan fingerprint density at radius 2 is 2.04 bits per heavy atom. The molecule has 1 saturated heterocycles. The first-order chi connectivity index (χ1) is 12.5. The number of carbonyl (C=O) groups excluding carboxylic acids is 1. The molecule has 0 radical (unpaired) electrons. The Balaban J connectivity index is 1.55. The van der Waals surface area contributed by atoms with E-state index in [2.05, 4.69) is 30.2 Å². The molecular weight excluding hydrogens is 346 g/mol. The van der Waals surface area contributed by atoms with Crippen molar-refractivity contribution in [1.82, 2.24) is 14.8 Å². The van der Waals surface area contributed by atoms with Crippen molar-refractivity contribution < 1.29 is 9.53 Å². The molecule has 0 N–H and O–H groups in total. The maximum Gasteiger partial charge on any atom is 0.222 e. The van der Waals surface area contributed by atoms with Gasteiger partial charge in [0.15, 0.2) is 0 Å². The quantitative estimate of drug-likeness (QED) is 0.777. The first-order valence-corrected chi connectivity index (χ1v) is 10.0. The predicted octanol–water partition coefficient (Wildman–Crippen LogP) is 3.51. The Bertz CT molecular complexity index is 736. The van der Waals surface area contributed by atoms with Crippen molar-refractivity contribution in [2.75, 3.05) is 33.3 Å².